The van der Waals surface area contributed by atoms with Crippen molar-refractivity contribution in [1.29, 1.82) is 0 Å². The van der Waals surface area contributed by atoms with Gasteiger partial charge in [0.25, 0.3) is 0 Å². The normalized spacial score (nSPS) is 20.6. The molecule has 1 aliphatic heterocycles. The number of sulfone groups is 1. The van der Waals surface area contributed by atoms with E-state index in [1.165, 1.54) is 0 Å². The Morgan fingerprint density at radius 3 is 2.50 bits per heavy atom. The van der Waals surface area contributed by atoms with Gasteiger partial charge in [-0.1, -0.05) is 11.6 Å². The van der Waals surface area contributed by atoms with Crippen LogP contribution in [0.25, 0.3) is 0 Å². The molecule has 1 aliphatic rings. The minimum Gasteiger partial charge on any atom is -0.366 e. The van der Waals surface area contributed by atoms with Gasteiger partial charge in [0.2, 0.25) is 0 Å². The van der Waals surface area contributed by atoms with Crippen LogP contribution in [-0.2, 0) is 9.84 Å². The van der Waals surface area contributed by atoms with Crippen molar-refractivity contribution >= 4 is 27.3 Å². The first-order valence-electron chi connectivity index (χ1n) is 5.01. The van der Waals surface area contributed by atoms with Gasteiger partial charge in [0.05, 0.1) is 11.5 Å². The third kappa shape index (κ3) is 3.05. The van der Waals surface area contributed by atoms with Crippen LogP contribution in [-0.4, -0.2) is 36.2 Å². The Kier molecular flexibility index (Phi) is 3.30. The molecule has 0 saturated carbocycles. The van der Waals surface area contributed by atoms with Crippen LogP contribution in [0, 0.1) is 0 Å². The number of anilines is 1. The summed E-state index contributed by atoms with van der Waals surface area (Å²) in [5, 5.41) is 11.1. The molecule has 1 N–H and O–H groups in total. The summed E-state index contributed by atoms with van der Waals surface area (Å²) < 4.78 is 22.4. The molecule has 1 aromatic rings. The molecule has 2 rings (SSSR count). The standard InChI is InChI=1S/C9H12ClN3O2S/c10-8-1-2-9(13-12-8)11-7-3-5-16(14,15)6-4-7/h1-2,7H,3-6H2,(H,11,13). The summed E-state index contributed by atoms with van der Waals surface area (Å²) in [6.07, 6.45) is 1.24. The molecule has 1 saturated heterocycles. The molecular weight excluding hydrogens is 250 g/mol. The fourth-order valence-corrected chi connectivity index (χ4v) is 3.23. The van der Waals surface area contributed by atoms with Gasteiger partial charge in [-0.25, -0.2) is 8.42 Å². The second kappa shape index (κ2) is 4.55. The number of aromatic nitrogens is 2. The molecule has 0 aromatic carbocycles. The topological polar surface area (TPSA) is 72.0 Å². The van der Waals surface area contributed by atoms with E-state index in [-0.39, 0.29) is 17.5 Å². The van der Waals surface area contributed by atoms with E-state index >= 15 is 0 Å². The van der Waals surface area contributed by atoms with Crippen molar-refractivity contribution in [2.24, 2.45) is 0 Å². The number of nitrogens with zero attached hydrogens (tertiary/aromatic N) is 2. The molecule has 5 nitrogen and oxygen atoms in total. The summed E-state index contributed by atoms with van der Waals surface area (Å²) in [6.45, 7) is 0. The van der Waals surface area contributed by atoms with Crippen LogP contribution in [0.1, 0.15) is 12.8 Å². The Balaban J connectivity index is 1.94. The summed E-state index contributed by atoms with van der Waals surface area (Å²) in [7, 11) is -2.81. The lowest BCUT2D eigenvalue weighted by Crippen LogP contribution is -2.32. The maximum Gasteiger partial charge on any atom is 0.151 e. The number of rotatable bonds is 2. The van der Waals surface area contributed by atoms with E-state index in [9.17, 15) is 8.42 Å². The number of hydrogen-bond acceptors (Lipinski definition) is 5. The van der Waals surface area contributed by atoms with Gasteiger partial charge >= 0.3 is 0 Å². The van der Waals surface area contributed by atoms with Gasteiger partial charge in [-0.15, -0.1) is 10.2 Å². The Hall–Kier alpha value is -0.880. The summed E-state index contributed by atoms with van der Waals surface area (Å²) in [4.78, 5) is 0. The molecule has 7 heteroatoms. The molecule has 0 amide bonds. The van der Waals surface area contributed by atoms with Crippen LogP contribution in [0.5, 0.6) is 0 Å². The van der Waals surface area contributed by atoms with E-state index < -0.39 is 9.84 Å². The monoisotopic (exact) mass is 261 g/mol. The van der Waals surface area contributed by atoms with Crippen LogP contribution >= 0.6 is 11.6 Å². The second-order valence-corrected chi connectivity index (χ2v) is 6.50. The van der Waals surface area contributed by atoms with Crippen molar-refractivity contribution < 1.29 is 8.42 Å². The maximum atomic E-state index is 11.2. The fraction of sp³-hybridized carbons (Fsp3) is 0.556. The molecule has 0 radical (unpaired) electrons. The quantitative estimate of drug-likeness (QED) is 0.864. The van der Waals surface area contributed by atoms with Crippen LogP contribution in [0.4, 0.5) is 5.82 Å². The van der Waals surface area contributed by atoms with Gasteiger partial charge in [-0.05, 0) is 25.0 Å². The summed E-state index contributed by atoms with van der Waals surface area (Å²) in [5.41, 5.74) is 0. The molecular formula is C9H12ClN3O2S. The molecule has 1 fully saturated rings. The van der Waals surface area contributed by atoms with E-state index in [4.69, 9.17) is 11.6 Å². The Morgan fingerprint density at radius 2 is 1.94 bits per heavy atom. The molecule has 0 aliphatic carbocycles. The highest BCUT2D eigenvalue weighted by atomic mass is 35.5. The average molecular weight is 262 g/mol. The van der Waals surface area contributed by atoms with Gasteiger partial charge < -0.3 is 5.32 Å². The van der Waals surface area contributed by atoms with E-state index in [1.807, 2.05) is 0 Å². The van der Waals surface area contributed by atoms with E-state index in [1.54, 1.807) is 12.1 Å². The summed E-state index contributed by atoms with van der Waals surface area (Å²) >= 11 is 5.61. The zero-order valence-corrected chi connectivity index (χ0v) is 10.1. The molecule has 0 atom stereocenters. The molecule has 1 aromatic heterocycles. The van der Waals surface area contributed by atoms with Gasteiger partial charge in [0.1, 0.15) is 15.7 Å². The predicted octanol–water partition coefficient (Wildman–Crippen LogP) is 1.12. The summed E-state index contributed by atoms with van der Waals surface area (Å²) in [6, 6.07) is 3.54. The highest BCUT2D eigenvalue weighted by Crippen LogP contribution is 2.16. The smallest absolute Gasteiger partial charge is 0.151 e. The molecule has 0 spiro atoms. The summed E-state index contributed by atoms with van der Waals surface area (Å²) in [5.74, 6) is 1.12. The first-order chi connectivity index (χ1) is 7.55. The van der Waals surface area contributed by atoms with Crippen molar-refractivity contribution in [3.8, 4) is 0 Å². The van der Waals surface area contributed by atoms with Crippen molar-refractivity contribution in [2.75, 3.05) is 16.8 Å². The fourth-order valence-electron chi connectivity index (χ4n) is 1.64. The van der Waals surface area contributed by atoms with Gasteiger partial charge in [0, 0.05) is 6.04 Å². The lowest BCUT2D eigenvalue weighted by molar-refractivity contribution is 0.558. The first kappa shape index (κ1) is 11.6. The molecule has 16 heavy (non-hydrogen) atoms. The minimum absolute atomic E-state index is 0.152. The number of nitrogens with one attached hydrogen (secondary N) is 1. The van der Waals surface area contributed by atoms with Gasteiger partial charge in [-0.3, -0.25) is 0 Å². The van der Waals surface area contributed by atoms with Crippen LogP contribution in [0.3, 0.4) is 0 Å². The lowest BCUT2D eigenvalue weighted by atomic mass is 10.1. The SMILES string of the molecule is O=S1(=O)CCC(Nc2ccc(Cl)nn2)CC1. The Bertz CT molecular complexity index is 446. The lowest BCUT2D eigenvalue weighted by Gasteiger charge is -2.23. The van der Waals surface area contributed by atoms with Crippen LogP contribution < -0.4 is 5.32 Å². The largest absolute Gasteiger partial charge is 0.366 e. The Labute approximate surface area is 99.1 Å². The van der Waals surface area contributed by atoms with E-state index in [2.05, 4.69) is 15.5 Å². The average Bonchev–Trinajstić information content (AvgIpc) is 2.24. The van der Waals surface area contributed by atoms with Gasteiger partial charge in [0.15, 0.2) is 5.15 Å². The molecule has 0 unspecified atom stereocenters. The third-order valence-corrected chi connectivity index (χ3v) is 4.46. The third-order valence-electron chi connectivity index (χ3n) is 2.54. The zero-order chi connectivity index (χ0) is 11.6. The first-order valence-corrected chi connectivity index (χ1v) is 7.21. The zero-order valence-electron chi connectivity index (χ0n) is 8.56. The number of halogens is 1. The molecule has 2 heterocycles. The van der Waals surface area contributed by atoms with Gasteiger partial charge in [-0.2, -0.15) is 0 Å². The maximum absolute atomic E-state index is 11.2. The molecule has 0 bridgehead atoms. The Morgan fingerprint density at radius 1 is 1.25 bits per heavy atom. The van der Waals surface area contributed by atoms with Crippen LogP contribution in [0.15, 0.2) is 12.1 Å². The van der Waals surface area contributed by atoms with Crippen LogP contribution in [0.2, 0.25) is 5.15 Å². The highest BCUT2D eigenvalue weighted by Gasteiger charge is 2.23. The second-order valence-electron chi connectivity index (χ2n) is 3.81. The van der Waals surface area contributed by atoms with Crippen molar-refractivity contribution in [3.63, 3.8) is 0 Å². The van der Waals surface area contributed by atoms with Crippen molar-refractivity contribution in [2.45, 2.75) is 18.9 Å². The van der Waals surface area contributed by atoms with E-state index in [0.717, 1.165) is 0 Å². The highest BCUT2D eigenvalue weighted by molar-refractivity contribution is 7.91. The van der Waals surface area contributed by atoms with Crippen molar-refractivity contribution in [3.05, 3.63) is 17.3 Å². The predicted molar refractivity (Wildman–Crippen MR) is 62.3 cm³/mol. The molecule has 88 valence electrons. The minimum atomic E-state index is -2.81. The van der Waals surface area contributed by atoms with E-state index in [0.29, 0.717) is 23.8 Å². The van der Waals surface area contributed by atoms with Crippen molar-refractivity contribution in [1.82, 2.24) is 10.2 Å². The number of hydrogen-bond donors (Lipinski definition) is 1.